The molecule has 4 aromatic rings. The number of ether oxygens (including phenoxy) is 2. The summed E-state index contributed by atoms with van der Waals surface area (Å²) in [6, 6.07) is 22.2. The Morgan fingerprint density at radius 3 is 2.39 bits per heavy atom. The predicted octanol–water partition coefficient (Wildman–Crippen LogP) is 6.51. The van der Waals surface area contributed by atoms with E-state index in [1.54, 1.807) is 30.1 Å². The molecule has 0 atom stereocenters. The van der Waals surface area contributed by atoms with Crippen molar-refractivity contribution in [3.05, 3.63) is 101 Å². The molecule has 0 bridgehead atoms. The molecule has 0 unspecified atom stereocenters. The third kappa shape index (κ3) is 6.50. The van der Waals surface area contributed by atoms with Crippen molar-refractivity contribution in [1.29, 1.82) is 0 Å². The van der Waals surface area contributed by atoms with Gasteiger partial charge >= 0.3 is 10.1 Å². The van der Waals surface area contributed by atoms with Crippen LogP contribution in [0, 0.1) is 12.7 Å². The van der Waals surface area contributed by atoms with Gasteiger partial charge in [-0.25, -0.2) is 4.39 Å². The number of benzene rings is 4. The predicted molar refractivity (Wildman–Crippen MR) is 170 cm³/mol. The number of likely N-dealkylation sites (N-methyl/N-ethyl adjacent to an activating group) is 1. The van der Waals surface area contributed by atoms with E-state index in [0.29, 0.717) is 40.3 Å². The minimum absolute atomic E-state index is 0.0117. The van der Waals surface area contributed by atoms with Gasteiger partial charge in [-0.2, -0.15) is 8.42 Å². The Bertz CT molecular complexity index is 1810. The van der Waals surface area contributed by atoms with Crippen LogP contribution in [0.15, 0.2) is 78.9 Å². The van der Waals surface area contributed by atoms with Gasteiger partial charge in [0.15, 0.2) is 0 Å². The zero-order valence-corrected chi connectivity index (χ0v) is 26.1. The van der Waals surface area contributed by atoms with Crippen molar-refractivity contribution in [2.75, 3.05) is 30.1 Å². The maximum absolute atomic E-state index is 14.1. The Morgan fingerprint density at radius 2 is 1.66 bits per heavy atom. The van der Waals surface area contributed by atoms with Crippen molar-refractivity contribution in [3.8, 4) is 28.4 Å². The minimum atomic E-state index is -3.89. The summed E-state index contributed by atoms with van der Waals surface area (Å²) < 4.78 is 56.9. The summed E-state index contributed by atoms with van der Waals surface area (Å²) in [5, 5.41) is 3.32. The van der Waals surface area contributed by atoms with Gasteiger partial charge in [0.2, 0.25) is 0 Å². The standard InChI is InChI=1S/C34H35FN2O6S/c1-22-11-12-24(35)19-30(22)42-21-28-26(15-16-29-32(28)37(4)33(38)34(2,3)36-29)27-14-13-25(20-31(27)41-5)43-44(39,40)18-17-23-9-7-6-8-10-23/h6-16,19-20,36H,17-18,21H2,1-5H3. The number of nitrogens with one attached hydrogen (secondary N) is 1. The van der Waals surface area contributed by atoms with Crippen molar-refractivity contribution in [2.45, 2.75) is 39.3 Å². The lowest BCUT2D eigenvalue weighted by Gasteiger charge is -2.39. The first-order chi connectivity index (χ1) is 20.9. The number of fused-ring (bicyclic) bond motifs is 1. The van der Waals surface area contributed by atoms with Crippen molar-refractivity contribution >= 4 is 27.4 Å². The van der Waals surface area contributed by atoms with Gasteiger partial charge in [0.1, 0.15) is 35.2 Å². The summed E-state index contributed by atoms with van der Waals surface area (Å²) in [5.74, 6) is 0.108. The van der Waals surface area contributed by atoms with Gasteiger partial charge in [-0.3, -0.25) is 4.79 Å². The Hall–Kier alpha value is -4.57. The zero-order chi connectivity index (χ0) is 31.6. The van der Waals surface area contributed by atoms with Crippen LogP contribution in [0.2, 0.25) is 0 Å². The Morgan fingerprint density at radius 1 is 0.932 bits per heavy atom. The van der Waals surface area contributed by atoms with E-state index in [2.05, 4.69) is 5.32 Å². The maximum Gasteiger partial charge on any atom is 0.309 e. The molecule has 0 aromatic heterocycles. The average molecular weight is 619 g/mol. The molecule has 0 spiro atoms. The highest BCUT2D eigenvalue weighted by Gasteiger charge is 2.38. The molecule has 10 heteroatoms. The second kappa shape index (κ2) is 12.2. The van der Waals surface area contributed by atoms with E-state index in [0.717, 1.165) is 16.8 Å². The summed E-state index contributed by atoms with van der Waals surface area (Å²) in [6.45, 7) is 5.46. The number of aryl methyl sites for hydroxylation is 2. The fraction of sp³-hybridized carbons (Fsp3) is 0.265. The van der Waals surface area contributed by atoms with Crippen LogP contribution >= 0.6 is 0 Å². The fourth-order valence-electron chi connectivity index (χ4n) is 5.33. The number of rotatable bonds is 10. The fourth-order valence-corrected chi connectivity index (χ4v) is 6.30. The van der Waals surface area contributed by atoms with Crippen molar-refractivity contribution in [2.24, 2.45) is 0 Å². The van der Waals surface area contributed by atoms with E-state index in [1.807, 2.05) is 63.2 Å². The topological polar surface area (TPSA) is 94.2 Å². The number of carbonyl (C=O) groups excluding carboxylic acids is 1. The SMILES string of the molecule is COc1cc(OS(=O)(=O)CCc2ccccc2)ccc1-c1ccc2c(c1COc1cc(F)ccc1C)N(C)C(=O)C(C)(C)N2. The van der Waals surface area contributed by atoms with E-state index < -0.39 is 21.5 Å². The van der Waals surface area contributed by atoms with Crippen LogP contribution in [0.4, 0.5) is 15.8 Å². The highest BCUT2D eigenvalue weighted by Crippen LogP contribution is 2.45. The maximum atomic E-state index is 14.1. The Labute approximate surface area is 257 Å². The van der Waals surface area contributed by atoms with Crippen LogP contribution in [0.5, 0.6) is 17.2 Å². The van der Waals surface area contributed by atoms with E-state index in [4.69, 9.17) is 13.7 Å². The molecular formula is C34H35FN2O6S. The molecule has 0 fully saturated rings. The molecular weight excluding hydrogens is 583 g/mol. The van der Waals surface area contributed by atoms with E-state index in [9.17, 15) is 17.6 Å². The number of methoxy groups -OCH3 is 1. The summed E-state index contributed by atoms with van der Waals surface area (Å²) in [4.78, 5) is 14.9. The number of halogens is 1. The van der Waals surface area contributed by atoms with Gasteiger partial charge in [0.05, 0.1) is 24.2 Å². The highest BCUT2D eigenvalue weighted by atomic mass is 32.2. The van der Waals surface area contributed by atoms with Crippen LogP contribution in [0.1, 0.15) is 30.5 Å². The lowest BCUT2D eigenvalue weighted by atomic mass is 9.91. The average Bonchev–Trinajstić information content (AvgIpc) is 2.99. The largest absolute Gasteiger partial charge is 0.496 e. The molecule has 0 radical (unpaired) electrons. The quantitative estimate of drug-likeness (QED) is 0.203. The van der Waals surface area contributed by atoms with Gasteiger partial charge in [-0.15, -0.1) is 0 Å². The van der Waals surface area contributed by atoms with E-state index >= 15 is 0 Å². The van der Waals surface area contributed by atoms with E-state index in [-0.39, 0.29) is 24.0 Å². The second-order valence-electron chi connectivity index (χ2n) is 11.2. The number of hydrogen-bond donors (Lipinski definition) is 1. The first-order valence-electron chi connectivity index (χ1n) is 14.1. The number of nitrogens with zero attached hydrogens (tertiary/aromatic N) is 1. The van der Waals surface area contributed by atoms with Gasteiger partial charge in [0, 0.05) is 30.3 Å². The minimum Gasteiger partial charge on any atom is -0.496 e. The van der Waals surface area contributed by atoms with Crippen LogP contribution in [-0.2, 0) is 27.9 Å². The van der Waals surface area contributed by atoms with Gasteiger partial charge < -0.3 is 23.9 Å². The molecule has 1 N–H and O–H groups in total. The summed E-state index contributed by atoms with van der Waals surface area (Å²) in [5.41, 5.74) is 4.15. The number of hydrogen-bond acceptors (Lipinski definition) is 7. The lowest BCUT2D eigenvalue weighted by molar-refractivity contribution is -0.121. The van der Waals surface area contributed by atoms with Gasteiger partial charge in [-0.05, 0) is 68.1 Å². The molecule has 1 aliphatic heterocycles. The monoisotopic (exact) mass is 618 g/mol. The Kier molecular flexibility index (Phi) is 8.56. The third-order valence-electron chi connectivity index (χ3n) is 7.60. The Balaban J connectivity index is 1.52. The molecule has 0 aliphatic carbocycles. The summed E-state index contributed by atoms with van der Waals surface area (Å²) in [7, 11) is -0.695. The molecule has 44 heavy (non-hydrogen) atoms. The number of anilines is 2. The molecule has 0 saturated heterocycles. The number of amides is 1. The highest BCUT2D eigenvalue weighted by molar-refractivity contribution is 7.87. The molecule has 5 rings (SSSR count). The van der Waals surface area contributed by atoms with Gasteiger partial charge in [0.25, 0.3) is 5.91 Å². The number of carbonyl (C=O) groups is 1. The zero-order valence-electron chi connectivity index (χ0n) is 25.3. The van der Waals surface area contributed by atoms with Crippen LogP contribution in [-0.4, -0.2) is 39.8 Å². The van der Waals surface area contributed by atoms with Crippen molar-refractivity contribution < 1.29 is 31.3 Å². The van der Waals surface area contributed by atoms with E-state index in [1.165, 1.54) is 25.3 Å². The molecule has 1 amide bonds. The van der Waals surface area contributed by atoms with Crippen LogP contribution in [0.25, 0.3) is 11.1 Å². The second-order valence-corrected chi connectivity index (χ2v) is 12.9. The first kappa shape index (κ1) is 30.9. The molecule has 0 saturated carbocycles. The molecule has 230 valence electrons. The van der Waals surface area contributed by atoms with Gasteiger partial charge in [-0.1, -0.05) is 42.5 Å². The van der Waals surface area contributed by atoms with Crippen LogP contribution in [0.3, 0.4) is 0 Å². The molecule has 1 heterocycles. The first-order valence-corrected chi connectivity index (χ1v) is 15.7. The summed E-state index contributed by atoms with van der Waals surface area (Å²) in [6.07, 6.45) is 0.318. The molecule has 1 aliphatic rings. The third-order valence-corrected chi connectivity index (χ3v) is 8.75. The summed E-state index contributed by atoms with van der Waals surface area (Å²) >= 11 is 0. The smallest absolute Gasteiger partial charge is 0.309 e. The normalized spacial score (nSPS) is 14.0. The molecule has 8 nitrogen and oxygen atoms in total. The lowest BCUT2D eigenvalue weighted by Crippen LogP contribution is -2.52. The van der Waals surface area contributed by atoms with Crippen molar-refractivity contribution in [1.82, 2.24) is 0 Å². The van der Waals surface area contributed by atoms with Crippen molar-refractivity contribution in [3.63, 3.8) is 0 Å². The molecule has 4 aromatic carbocycles. The van der Waals surface area contributed by atoms with Crippen LogP contribution < -0.4 is 23.9 Å².